The summed E-state index contributed by atoms with van der Waals surface area (Å²) in [5.41, 5.74) is 0. The SMILES string of the molecule is C=CCN=CNP(=O)(OCC)SSCC(C)C. The summed E-state index contributed by atoms with van der Waals surface area (Å²) in [7, 11) is 2.81. The summed E-state index contributed by atoms with van der Waals surface area (Å²) in [4.78, 5) is 3.97. The number of hydrogen-bond donors (Lipinski definition) is 1. The first kappa shape index (κ1) is 17.1. The second kappa shape index (κ2) is 10.1. The minimum atomic E-state index is -2.87. The zero-order chi connectivity index (χ0) is 13.1. The number of rotatable bonds is 10. The molecule has 0 heterocycles. The highest BCUT2D eigenvalue weighted by molar-refractivity contribution is 8.99. The second-order valence-corrected chi connectivity index (χ2v) is 9.75. The summed E-state index contributed by atoms with van der Waals surface area (Å²) in [6.07, 6.45) is 3.10. The molecular formula is C10H21N2O2PS2. The lowest BCUT2D eigenvalue weighted by atomic mass is 10.3. The number of nitrogens with one attached hydrogen (secondary N) is 1. The molecule has 0 rings (SSSR count). The maximum Gasteiger partial charge on any atom is 0.362 e. The van der Waals surface area contributed by atoms with E-state index in [-0.39, 0.29) is 0 Å². The molecule has 0 bridgehead atoms. The first-order valence-electron chi connectivity index (χ1n) is 5.47. The van der Waals surface area contributed by atoms with Crippen molar-refractivity contribution in [1.29, 1.82) is 0 Å². The molecule has 0 spiro atoms. The predicted octanol–water partition coefficient (Wildman–Crippen LogP) is 3.97. The van der Waals surface area contributed by atoms with E-state index in [1.807, 2.05) is 6.92 Å². The topological polar surface area (TPSA) is 50.7 Å². The van der Waals surface area contributed by atoms with Crippen molar-refractivity contribution in [2.75, 3.05) is 18.9 Å². The van der Waals surface area contributed by atoms with Crippen molar-refractivity contribution < 1.29 is 9.09 Å². The van der Waals surface area contributed by atoms with Crippen LogP contribution in [0.4, 0.5) is 0 Å². The molecule has 100 valence electrons. The third-order valence-corrected chi connectivity index (χ3v) is 8.19. The van der Waals surface area contributed by atoms with E-state index in [2.05, 4.69) is 30.5 Å². The third-order valence-electron chi connectivity index (χ3n) is 1.39. The van der Waals surface area contributed by atoms with Crippen molar-refractivity contribution in [2.45, 2.75) is 20.8 Å². The molecule has 4 nitrogen and oxygen atoms in total. The third kappa shape index (κ3) is 9.77. The van der Waals surface area contributed by atoms with Crippen molar-refractivity contribution >= 4 is 34.3 Å². The molecule has 0 fully saturated rings. The summed E-state index contributed by atoms with van der Waals surface area (Å²) in [5, 5.41) is 2.74. The van der Waals surface area contributed by atoms with Crippen LogP contribution >= 0.6 is 27.9 Å². The zero-order valence-corrected chi connectivity index (χ0v) is 13.1. The first-order chi connectivity index (χ1) is 8.04. The molecule has 0 aromatic carbocycles. The fraction of sp³-hybridized carbons (Fsp3) is 0.700. The Bertz CT molecular complexity index is 285. The van der Waals surface area contributed by atoms with Gasteiger partial charge in [0, 0.05) is 16.2 Å². The van der Waals surface area contributed by atoms with Gasteiger partial charge in [-0.15, -0.1) is 6.58 Å². The Morgan fingerprint density at radius 2 is 2.29 bits per heavy atom. The average Bonchev–Trinajstić information content (AvgIpc) is 2.24. The Balaban J connectivity index is 4.15. The summed E-state index contributed by atoms with van der Waals surface area (Å²) < 4.78 is 17.5. The molecule has 1 N–H and O–H groups in total. The van der Waals surface area contributed by atoms with Crippen molar-refractivity contribution in [3.63, 3.8) is 0 Å². The van der Waals surface area contributed by atoms with Crippen LogP contribution in [0.25, 0.3) is 0 Å². The van der Waals surface area contributed by atoms with Gasteiger partial charge in [-0.05, 0) is 12.8 Å². The first-order valence-corrected chi connectivity index (χ1v) is 10.0. The van der Waals surface area contributed by atoms with Crippen molar-refractivity contribution in [3.8, 4) is 0 Å². The normalized spacial score (nSPS) is 15.1. The largest absolute Gasteiger partial charge is 0.362 e. The van der Waals surface area contributed by atoms with E-state index in [1.54, 1.807) is 16.9 Å². The van der Waals surface area contributed by atoms with Gasteiger partial charge in [0.1, 0.15) is 0 Å². The molecule has 1 atom stereocenters. The standard InChI is InChI=1S/C10H21N2O2PS2/c1-5-7-11-9-12-15(13,14-6-2)17-16-8-10(3)4/h5,9-10H,1,6-8H2,2-4H3,(H,11,12,13). The quantitative estimate of drug-likeness (QED) is 0.217. The van der Waals surface area contributed by atoms with E-state index < -0.39 is 6.72 Å². The van der Waals surface area contributed by atoms with E-state index in [9.17, 15) is 4.57 Å². The van der Waals surface area contributed by atoms with Gasteiger partial charge in [0.05, 0.1) is 19.5 Å². The molecule has 0 aromatic heterocycles. The molecule has 1 unspecified atom stereocenters. The zero-order valence-electron chi connectivity index (χ0n) is 10.6. The summed E-state index contributed by atoms with van der Waals surface area (Å²) in [5.74, 6) is 1.50. The van der Waals surface area contributed by atoms with Gasteiger partial charge in [0.25, 0.3) is 0 Å². The van der Waals surface area contributed by atoms with Gasteiger partial charge in [-0.2, -0.15) is 0 Å². The predicted molar refractivity (Wildman–Crippen MR) is 80.8 cm³/mol. The minimum Gasteiger partial charge on any atom is -0.306 e. The van der Waals surface area contributed by atoms with Crippen molar-refractivity contribution in [1.82, 2.24) is 5.09 Å². The van der Waals surface area contributed by atoms with E-state index >= 15 is 0 Å². The Labute approximate surface area is 112 Å². The van der Waals surface area contributed by atoms with E-state index in [1.165, 1.54) is 16.8 Å². The highest BCUT2D eigenvalue weighted by atomic mass is 33.3. The van der Waals surface area contributed by atoms with Gasteiger partial charge in [-0.25, -0.2) is 0 Å². The molecule has 0 saturated heterocycles. The molecule has 0 saturated carbocycles. The second-order valence-electron chi connectivity index (χ2n) is 3.58. The highest BCUT2D eigenvalue weighted by Gasteiger charge is 2.22. The van der Waals surface area contributed by atoms with Gasteiger partial charge >= 0.3 is 6.72 Å². The van der Waals surface area contributed by atoms with Crippen LogP contribution in [0.15, 0.2) is 17.6 Å². The van der Waals surface area contributed by atoms with Crippen LogP contribution in [0.3, 0.4) is 0 Å². The summed E-state index contributed by atoms with van der Waals surface area (Å²) in [6, 6.07) is 0. The fourth-order valence-corrected chi connectivity index (χ4v) is 6.62. The molecule has 7 heteroatoms. The van der Waals surface area contributed by atoms with Crippen LogP contribution in [0, 0.1) is 5.92 Å². The Hall–Kier alpha value is 0.1000. The fourth-order valence-electron chi connectivity index (χ4n) is 0.725. The minimum absolute atomic E-state index is 0.412. The lowest BCUT2D eigenvalue weighted by molar-refractivity contribution is 0.343. The van der Waals surface area contributed by atoms with E-state index in [4.69, 9.17) is 4.52 Å². The lowest BCUT2D eigenvalue weighted by Crippen LogP contribution is -2.08. The maximum absolute atomic E-state index is 12.2. The highest BCUT2D eigenvalue weighted by Crippen LogP contribution is 2.61. The van der Waals surface area contributed by atoms with Gasteiger partial charge in [0.2, 0.25) is 0 Å². The Morgan fingerprint density at radius 1 is 1.59 bits per heavy atom. The number of aliphatic imine (C=N–C) groups is 1. The maximum atomic E-state index is 12.2. The van der Waals surface area contributed by atoms with Crippen LogP contribution in [0.2, 0.25) is 0 Å². The monoisotopic (exact) mass is 296 g/mol. The molecular weight excluding hydrogens is 275 g/mol. The van der Waals surface area contributed by atoms with Crippen LogP contribution in [-0.4, -0.2) is 25.2 Å². The van der Waals surface area contributed by atoms with Crippen LogP contribution < -0.4 is 5.09 Å². The number of nitrogens with zero attached hydrogens (tertiary/aromatic N) is 1. The summed E-state index contributed by atoms with van der Waals surface area (Å²) >= 11 is 0. The smallest absolute Gasteiger partial charge is 0.306 e. The number of hydrogen-bond acceptors (Lipinski definition) is 5. The van der Waals surface area contributed by atoms with Crippen molar-refractivity contribution in [3.05, 3.63) is 12.7 Å². The summed E-state index contributed by atoms with van der Waals surface area (Å²) in [6.45, 7) is 7.66. The van der Waals surface area contributed by atoms with Crippen LogP contribution in [0.5, 0.6) is 0 Å². The van der Waals surface area contributed by atoms with Crippen LogP contribution in [0.1, 0.15) is 20.8 Å². The molecule has 0 aliphatic heterocycles. The molecule has 0 amide bonds. The van der Waals surface area contributed by atoms with E-state index in [0.717, 1.165) is 5.75 Å². The van der Waals surface area contributed by atoms with Crippen LogP contribution in [-0.2, 0) is 9.09 Å². The molecule has 17 heavy (non-hydrogen) atoms. The van der Waals surface area contributed by atoms with Gasteiger partial charge < -0.3 is 4.52 Å². The average molecular weight is 296 g/mol. The van der Waals surface area contributed by atoms with E-state index in [0.29, 0.717) is 19.1 Å². The van der Waals surface area contributed by atoms with Gasteiger partial charge in [-0.3, -0.25) is 14.6 Å². The Morgan fingerprint density at radius 3 is 2.82 bits per heavy atom. The Kier molecular flexibility index (Phi) is 10.1. The molecule has 0 aromatic rings. The van der Waals surface area contributed by atoms with Crippen molar-refractivity contribution in [2.24, 2.45) is 10.9 Å². The van der Waals surface area contributed by atoms with Gasteiger partial charge in [0.15, 0.2) is 0 Å². The molecule has 0 aliphatic rings. The van der Waals surface area contributed by atoms with Gasteiger partial charge in [-0.1, -0.05) is 30.7 Å². The molecule has 0 aliphatic carbocycles. The lowest BCUT2D eigenvalue weighted by Gasteiger charge is -2.15. The molecule has 0 radical (unpaired) electrons.